The molecule has 0 bridgehead atoms. The summed E-state index contributed by atoms with van der Waals surface area (Å²) in [6.45, 7) is 2.36. The van der Waals surface area contributed by atoms with E-state index in [4.69, 9.17) is 18.8 Å². The van der Waals surface area contributed by atoms with E-state index in [0.717, 1.165) is 94.2 Å². The van der Waals surface area contributed by atoms with Crippen LogP contribution in [0.2, 0.25) is 0 Å². The minimum Gasteiger partial charge on any atom is -0.455 e. The Labute approximate surface area is 369 Å². The molecule has 0 amide bonds. The highest BCUT2D eigenvalue weighted by Gasteiger charge is 2.40. The zero-order valence-corrected chi connectivity index (χ0v) is 34.9. The first-order valence-corrected chi connectivity index (χ1v) is 21.8. The van der Waals surface area contributed by atoms with E-state index in [0.29, 0.717) is 5.82 Å². The SMILES string of the molecule is CC1(c2ccccc2)c2ccccc2-c2ccc(-c3cc(-c4cc(-c5cccc6c5oc5ccccc56)ccc4-c4cccc5c4oc4ccccc45)nc(-c4ccccc4)n3)cc21. The maximum Gasteiger partial charge on any atom is 0.160 e. The Balaban J connectivity index is 1.07. The van der Waals surface area contributed by atoms with Gasteiger partial charge >= 0.3 is 0 Å². The van der Waals surface area contributed by atoms with Gasteiger partial charge in [0.2, 0.25) is 0 Å². The molecule has 3 heterocycles. The number of aromatic nitrogens is 2. The van der Waals surface area contributed by atoms with E-state index in [-0.39, 0.29) is 5.41 Å². The summed E-state index contributed by atoms with van der Waals surface area (Å²) < 4.78 is 13.3. The largest absolute Gasteiger partial charge is 0.455 e. The second kappa shape index (κ2) is 14.1. The standard InChI is InChI=1S/C60H38N2O2/c1-60(40-18-6-3-7-19-40)51-27-11-8-20-43(51)44-33-31-39(35-52(44)60)53-36-54(62-59(61-53)37-16-4-2-5-17-37)50-34-38(41-23-14-25-48-45-21-9-12-28-55(45)63-57(41)48)30-32-42(50)47-24-15-26-49-46-22-10-13-29-56(46)64-58(47)49/h2-36H,1H3. The summed E-state index contributed by atoms with van der Waals surface area (Å²) in [5.41, 5.74) is 18.0. The Morgan fingerprint density at radius 2 is 0.891 bits per heavy atom. The first kappa shape index (κ1) is 36.3. The lowest BCUT2D eigenvalue weighted by atomic mass is 9.74. The van der Waals surface area contributed by atoms with E-state index < -0.39 is 0 Å². The Kier molecular flexibility index (Phi) is 8.00. The van der Waals surface area contributed by atoms with Gasteiger partial charge in [0, 0.05) is 54.8 Å². The number of hydrogen-bond acceptors (Lipinski definition) is 4. The fourth-order valence-corrected chi connectivity index (χ4v) is 10.3. The van der Waals surface area contributed by atoms with Crippen molar-refractivity contribution in [3.63, 3.8) is 0 Å². The Morgan fingerprint density at radius 1 is 0.344 bits per heavy atom. The third-order valence-electron chi connectivity index (χ3n) is 13.4. The smallest absolute Gasteiger partial charge is 0.160 e. The topological polar surface area (TPSA) is 52.1 Å². The van der Waals surface area contributed by atoms with Gasteiger partial charge in [0.05, 0.1) is 11.4 Å². The molecule has 1 unspecified atom stereocenters. The monoisotopic (exact) mass is 818 g/mol. The van der Waals surface area contributed by atoms with Crippen molar-refractivity contribution >= 4 is 43.9 Å². The molecule has 64 heavy (non-hydrogen) atoms. The average molecular weight is 819 g/mol. The van der Waals surface area contributed by atoms with Crippen LogP contribution < -0.4 is 0 Å². The predicted molar refractivity (Wildman–Crippen MR) is 261 cm³/mol. The molecular formula is C60H38N2O2. The zero-order chi connectivity index (χ0) is 42.4. The van der Waals surface area contributed by atoms with Crippen LogP contribution in [0, 0.1) is 0 Å². The van der Waals surface area contributed by atoms with Crippen molar-refractivity contribution in [2.75, 3.05) is 0 Å². The third kappa shape index (κ3) is 5.49. The number of fused-ring (bicyclic) bond motifs is 9. The molecule has 0 aliphatic heterocycles. The zero-order valence-electron chi connectivity index (χ0n) is 34.9. The van der Waals surface area contributed by atoms with Crippen LogP contribution in [0.15, 0.2) is 221 Å². The Hall–Kier alpha value is -8.34. The summed E-state index contributed by atoms with van der Waals surface area (Å²) in [7, 11) is 0. The van der Waals surface area contributed by atoms with Gasteiger partial charge in [0.1, 0.15) is 22.3 Å². The van der Waals surface area contributed by atoms with E-state index in [1.165, 1.54) is 27.8 Å². The van der Waals surface area contributed by atoms with Gasteiger partial charge in [-0.1, -0.05) is 182 Å². The molecule has 12 aromatic rings. The van der Waals surface area contributed by atoms with E-state index in [1.807, 2.05) is 42.5 Å². The van der Waals surface area contributed by atoms with Gasteiger partial charge in [-0.2, -0.15) is 0 Å². The van der Waals surface area contributed by atoms with Crippen molar-refractivity contribution < 1.29 is 8.83 Å². The van der Waals surface area contributed by atoms with Crippen molar-refractivity contribution in [3.05, 3.63) is 229 Å². The lowest BCUT2D eigenvalue weighted by Crippen LogP contribution is -2.22. The number of hydrogen-bond donors (Lipinski definition) is 0. The normalized spacial score (nSPS) is 14.4. The Bertz CT molecular complexity index is 3810. The summed E-state index contributed by atoms with van der Waals surface area (Å²) >= 11 is 0. The molecule has 1 atom stereocenters. The van der Waals surface area contributed by atoms with Gasteiger partial charge in [0.25, 0.3) is 0 Å². The number of furan rings is 2. The van der Waals surface area contributed by atoms with E-state index in [1.54, 1.807) is 0 Å². The third-order valence-corrected chi connectivity index (χ3v) is 13.4. The van der Waals surface area contributed by atoms with E-state index in [9.17, 15) is 0 Å². The van der Waals surface area contributed by atoms with Crippen LogP contribution in [-0.4, -0.2) is 9.97 Å². The van der Waals surface area contributed by atoms with Crippen molar-refractivity contribution in [2.45, 2.75) is 12.3 Å². The first-order valence-electron chi connectivity index (χ1n) is 21.8. The van der Waals surface area contributed by atoms with Crippen LogP contribution in [-0.2, 0) is 5.41 Å². The highest BCUT2D eigenvalue weighted by atomic mass is 16.3. The van der Waals surface area contributed by atoms with Crippen LogP contribution in [0.3, 0.4) is 0 Å². The molecule has 0 saturated heterocycles. The summed E-state index contributed by atoms with van der Waals surface area (Å²) in [4.78, 5) is 10.8. The van der Waals surface area contributed by atoms with Crippen molar-refractivity contribution in [3.8, 4) is 67.3 Å². The first-order chi connectivity index (χ1) is 31.6. The lowest BCUT2D eigenvalue weighted by molar-refractivity contribution is 0.669. The molecule has 3 aromatic heterocycles. The number of rotatable bonds is 6. The summed E-state index contributed by atoms with van der Waals surface area (Å²) in [5, 5.41) is 4.35. The second-order valence-electron chi connectivity index (χ2n) is 16.9. The fourth-order valence-electron chi connectivity index (χ4n) is 10.3. The molecular weight excluding hydrogens is 781 g/mol. The number of benzene rings is 9. The molecule has 0 saturated carbocycles. The van der Waals surface area contributed by atoms with E-state index >= 15 is 0 Å². The van der Waals surface area contributed by atoms with Gasteiger partial charge < -0.3 is 8.83 Å². The molecule has 0 fully saturated rings. The molecule has 4 heteroatoms. The van der Waals surface area contributed by atoms with Crippen LogP contribution in [0.4, 0.5) is 0 Å². The molecule has 9 aromatic carbocycles. The van der Waals surface area contributed by atoms with E-state index in [2.05, 4.69) is 177 Å². The maximum absolute atomic E-state index is 6.70. The van der Waals surface area contributed by atoms with Gasteiger partial charge in [-0.15, -0.1) is 0 Å². The fraction of sp³-hybridized carbons (Fsp3) is 0.0333. The van der Waals surface area contributed by atoms with Crippen LogP contribution in [0.1, 0.15) is 23.6 Å². The molecule has 1 aliphatic carbocycles. The average Bonchev–Trinajstić information content (AvgIpc) is 4.03. The Morgan fingerprint density at radius 3 is 1.64 bits per heavy atom. The minimum atomic E-state index is -0.355. The molecule has 0 radical (unpaired) electrons. The van der Waals surface area contributed by atoms with Gasteiger partial charge in [0.15, 0.2) is 5.82 Å². The van der Waals surface area contributed by atoms with Crippen LogP contribution in [0.5, 0.6) is 0 Å². The predicted octanol–water partition coefficient (Wildman–Crippen LogP) is 15.9. The maximum atomic E-state index is 6.70. The summed E-state index contributed by atoms with van der Waals surface area (Å²) in [6.07, 6.45) is 0. The second-order valence-corrected chi connectivity index (χ2v) is 16.9. The van der Waals surface area contributed by atoms with Crippen LogP contribution >= 0.6 is 0 Å². The van der Waals surface area contributed by atoms with Crippen molar-refractivity contribution in [2.24, 2.45) is 0 Å². The lowest BCUT2D eigenvalue weighted by Gasteiger charge is -2.28. The van der Waals surface area contributed by atoms with Crippen LogP contribution in [0.25, 0.3) is 111 Å². The highest BCUT2D eigenvalue weighted by molar-refractivity contribution is 6.12. The quantitative estimate of drug-likeness (QED) is 0.168. The molecule has 0 spiro atoms. The minimum absolute atomic E-state index is 0.355. The number of nitrogens with zero attached hydrogens (tertiary/aromatic N) is 2. The molecule has 300 valence electrons. The molecule has 0 N–H and O–H groups in total. The molecule has 1 aliphatic rings. The molecule has 13 rings (SSSR count). The van der Waals surface area contributed by atoms with Crippen molar-refractivity contribution in [1.82, 2.24) is 9.97 Å². The molecule has 4 nitrogen and oxygen atoms in total. The van der Waals surface area contributed by atoms with Gasteiger partial charge in [-0.05, 0) is 76.2 Å². The van der Waals surface area contributed by atoms with Gasteiger partial charge in [-0.25, -0.2) is 9.97 Å². The highest BCUT2D eigenvalue weighted by Crippen LogP contribution is 2.53. The summed E-state index contributed by atoms with van der Waals surface area (Å²) in [5.74, 6) is 0.653. The number of para-hydroxylation sites is 4. The van der Waals surface area contributed by atoms with Gasteiger partial charge in [-0.3, -0.25) is 0 Å². The summed E-state index contributed by atoms with van der Waals surface area (Å²) in [6, 6.07) is 75.1. The van der Waals surface area contributed by atoms with Crippen molar-refractivity contribution in [1.29, 1.82) is 0 Å².